The minimum absolute atomic E-state index is 0.192. The monoisotopic (exact) mass is 394 g/mol. The Kier molecular flexibility index (Phi) is 6.63. The van der Waals surface area contributed by atoms with Crippen LogP contribution in [0.3, 0.4) is 0 Å². The van der Waals surface area contributed by atoms with Gasteiger partial charge in [-0.1, -0.05) is 25.5 Å². The molecule has 3 rings (SSSR count). The summed E-state index contributed by atoms with van der Waals surface area (Å²) in [5.74, 6) is 0.458. The first-order valence-corrected chi connectivity index (χ1v) is 9.32. The third kappa shape index (κ3) is 5.68. The predicted molar refractivity (Wildman–Crippen MR) is 109 cm³/mol. The second kappa shape index (κ2) is 9.54. The smallest absolute Gasteiger partial charge is 0.363 e. The average molecular weight is 394 g/mol. The molecule has 0 saturated heterocycles. The lowest BCUT2D eigenvalue weighted by Gasteiger charge is -2.05. The molecular formula is C22H22N2O5. The number of hydrogen-bond acceptors (Lipinski definition) is 6. The molecule has 0 bridgehead atoms. The van der Waals surface area contributed by atoms with Crippen LogP contribution >= 0.6 is 0 Å². The molecule has 1 aliphatic heterocycles. The lowest BCUT2D eigenvalue weighted by Crippen LogP contribution is -2.19. The topological polar surface area (TPSA) is 100 Å². The molecule has 2 aromatic rings. The molecule has 0 fully saturated rings. The molecule has 0 saturated carbocycles. The fraction of sp³-hybridized carbons (Fsp3) is 0.227. The van der Waals surface area contributed by atoms with Gasteiger partial charge in [0.15, 0.2) is 12.3 Å². The molecule has 0 aromatic heterocycles. The van der Waals surface area contributed by atoms with Crippen molar-refractivity contribution in [3.63, 3.8) is 0 Å². The van der Waals surface area contributed by atoms with E-state index >= 15 is 0 Å². The number of aliphatic imine (C=N–C) groups is 1. The van der Waals surface area contributed by atoms with Crippen LogP contribution in [0, 0.1) is 0 Å². The van der Waals surface area contributed by atoms with E-state index in [1.54, 1.807) is 42.5 Å². The number of ether oxygens (including phenoxy) is 3. The number of carbonyl (C=O) groups excluding carboxylic acids is 2. The second-order valence-electron chi connectivity index (χ2n) is 6.39. The lowest BCUT2D eigenvalue weighted by molar-refractivity contribution is -0.130. The molecule has 0 aliphatic carbocycles. The summed E-state index contributed by atoms with van der Waals surface area (Å²) in [5, 5.41) is 0. The third-order valence-corrected chi connectivity index (χ3v) is 4.05. The van der Waals surface area contributed by atoms with E-state index < -0.39 is 11.9 Å². The summed E-state index contributed by atoms with van der Waals surface area (Å²) >= 11 is 0. The molecule has 150 valence electrons. The Morgan fingerprint density at radius 3 is 2.38 bits per heavy atom. The number of unbranched alkanes of at least 4 members (excludes halogenated alkanes) is 1. The van der Waals surface area contributed by atoms with Crippen molar-refractivity contribution in [3.05, 3.63) is 65.4 Å². The molecule has 0 unspecified atom stereocenters. The van der Waals surface area contributed by atoms with Crippen LogP contribution in [0.4, 0.5) is 0 Å². The standard InChI is InChI=1S/C22H22N2O5/c1-2-3-12-27-17-10-6-16(7-11-17)21-24-19(22(26)29-21)13-15-4-8-18(9-5-15)28-14-20(23)25/h4-11,13H,2-3,12,14H2,1H3,(H2,23,25)/b19-13+. The van der Waals surface area contributed by atoms with Crippen LogP contribution in [0.5, 0.6) is 11.5 Å². The fourth-order valence-electron chi connectivity index (χ4n) is 2.53. The van der Waals surface area contributed by atoms with Gasteiger partial charge in [-0.05, 0) is 54.5 Å². The number of cyclic esters (lactones) is 1. The van der Waals surface area contributed by atoms with E-state index in [1.165, 1.54) is 0 Å². The zero-order valence-corrected chi connectivity index (χ0v) is 16.1. The lowest BCUT2D eigenvalue weighted by atomic mass is 10.2. The highest BCUT2D eigenvalue weighted by atomic mass is 16.6. The van der Waals surface area contributed by atoms with E-state index in [-0.39, 0.29) is 18.2 Å². The first-order chi connectivity index (χ1) is 14.0. The van der Waals surface area contributed by atoms with Crippen molar-refractivity contribution < 1.29 is 23.8 Å². The maximum Gasteiger partial charge on any atom is 0.363 e. The summed E-state index contributed by atoms with van der Waals surface area (Å²) in [5.41, 5.74) is 6.68. The summed E-state index contributed by atoms with van der Waals surface area (Å²) in [4.78, 5) is 27.2. The molecule has 7 heteroatoms. The van der Waals surface area contributed by atoms with Gasteiger partial charge in [0.25, 0.3) is 5.91 Å². The number of benzene rings is 2. The maximum absolute atomic E-state index is 12.1. The summed E-state index contributed by atoms with van der Waals surface area (Å²) in [6.07, 6.45) is 3.69. The van der Waals surface area contributed by atoms with E-state index in [0.717, 1.165) is 24.2 Å². The molecule has 2 N–H and O–H groups in total. The minimum atomic E-state index is -0.549. The van der Waals surface area contributed by atoms with Gasteiger partial charge in [-0.2, -0.15) is 0 Å². The van der Waals surface area contributed by atoms with Crippen molar-refractivity contribution in [3.8, 4) is 11.5 Å². The number of primary amides is 1. The molecule has 1 heterocycles. The maximum atomic E-state index is 12.1. The normalized spacial score (nSPS) is 14.4. The fourth-order valence-corrected chi connectivity index (χ4v) is 2.53. The zero-order chi connectivity index (χ0) is 20.6. The SMILES string of the molecule is CCCCOc1ccc(C2=N/C(=C/c3ccc(OCC(N)=O)cc3)C(=O)O2)cc1. The third-order valence-electron chi connectivity index (χ3n) is 4.05. The van der Waals surface area contributed by atoms with Crippen LogP contribution in [0.1, 0.15) is 30.9 Å². The van der Waals surface area contributed by atoms with Crippen molar-refractivity contribution in [2.45, 2.75) is 19.8 Å². The number of rotatable bonds is 9. The minimum Gasteiger partial charge on any atom is -0.494 e. The van der Waals surface area contributed by atoms with E-state index in [0.29, 0.717) is 17.9 Å². The Bertz CT molecular complexity index is 931. The van der Waals surface area contributed by atoms with Gasteiger partial charge < -0.3 is 19.9 Å². The summed E-state index contributed by atoms with van der Waals surface area (Å²) in [6, 6.07) is 14.1. The highest BCUT2D eigenvalue weighted by Crippen LogP contribution is 2.22. The van der Waals surface area contributed by atoms with E-state index in [1.807, 2.05) is 12.1 Å². The summed E-state index contributed by atoms with van der Waals surface area (Å²) in [6.45, 7) is 2.59. The molecule has 0 spiro atoms. The van der Waals surface area contributed by atoms with Crippen LogP contribution in [-0.2, 0) is 14.3 Å². The van der Waals surface area contributed by atoms with Crippen molar-refractivity contribution in [2.24, 2.45) is 10.7 Å². The molecule has 0 atom stereocenters. The molecular weight excluding hydrogens is 372 g/mol. The highest BCUT2D eigenvalue weighted by molar-refractivity contribution is 6.12. The van der Waals surface area contributed by atoms with Gasteiger partial charge in [-0.15, -0.1) is 0 Å². The van der Waals surface area contributed by atoms with Crippen molar-refractivity contribution in [2.75, 3.05) is 13.2 Å². The van der Waals surface area contributed by atoms with Gasteiger partial charge in [0.2, 0.25) is 5.90 Å². The summed E-state index contributed by atoms with van der Waals surface area (Å²) < 4.78 is 16.1. The average Bonchev–Trinajstić information content (AvgIpc) is 3.08. The van der Waals surface area contributed by atoms with Crippen LogP contribution < -0.4 is 15.2 Å². The molecule has 29 heavy (non-hydrogen) atoms. The second-order valence-corrected chi connectivity index (χ2v) is 6.39. The van der Waals surface area contributed by atoms with Crippen LogP contribution in [0.2, 0.25) is 0 Å². The van der Waals surface area contributed by atoms with Gasteiger partial charge in [0.1, 0.15) is 11.5 Å². The Labute approximate surface area is 168 Å². The largest absolute Gasteiger partial charge is 0.494 e. The molecule has 1 aliphatic rings. The number of nitrogens with zero attached hydrogens (tertiary/aromatic N) is 1. The van der Waals surface area contributed by atoms with Gasteiger partial charge >= 0.3 is 5.97 Å². The first kappa shape index (κ1) is 20.1. The van der Waals surface area contributed by atoms with Gasteiger partial charge in [0.05, 0.1) is 6.61 Å². The molecule has 0 radical (unpaired) electrons. The number of nitrogens with two attached hydrogens (primary N) is 1. The highest BCUT2D eigenvalue weighted by Gasteiger charge is 2.24. The Morgan fingerprint density at radius 2 is 1.72 bits per heavy atom. The van der Waals surface area contributed by atoms with Crippen LogP contribution in [-0.4, -0.2) is 31.0 Å². The summed E-state index contributed by atoms with van der Waals surface area (Å²) in [7, 11) is 0. The Balaban J connectivity index is 1.68. The van der Waals surface area contributed by atoms with Crippen LogP contribution in [0.15, 0.2) is 59.2 Å². The van der Waals surface area contributed by atoms with E-state index in [4.69, 9.17) is 19.9 Å². The van der Waals surface area contributed by atoms with Crippen molar-refractivity contribution >= 4 is 23.9 Å². The first-order valence-electron chi connectivity index (χ1n) is 9.32. The van der Waals surface area contributed by atoms with Crippen LogP contribution in [0.25, 0.3) is 6.08 Å². The quantitative estimate of drug-likeness (QED) is 0.400. The van der Waals surface area contributed by atoms with Crippen molar-refractivity contribution in [1.29, 1.82) is 0 Å². The number of hydrogen-bond donors (Lipinski definition) is 1. The van der Waals surface area contributed by atoms with Gasteiger partial charge in [-0.3, -0.25) is 4.79 Å². The molecule has 7 nitrogen and oxygen atoms in total. The van der Waals surface area contributed by atoms with E-state index in [9.17, 15) is 9.59 Å². The number of esters is 1. The van der Waals surface area contributed by atoms with Gasteiger partial charge in [0, 0.05) is 5.56 Å². The number of carbonyl (C=O) groups is 2. The van der Waals surface area contributed by atoms with Gasteiger partial charge in [-0.25, -0.2) is 9.79 Å². The van der Waals surface area contributed by atoms with E-state index in [2.05, 4.69) is 11.9 Å². The molecule has 2 aromatic carbocycles. The predicted octanol–water partition coefficient (Wildman–Crippen LogP) is 3.07. The zero-order valence-electron chi connectivity index (χ0n) is 16.1. The van der Waals surface area contributed by atoms with Crippen molar-refractivity contribution in [1.82, 2.24) is 0 Å². The Morgan fingerprint density at radius 1 is 1.07 bits per heavy atom. The molecule has 1 amide bonds. The Hall–Kier alpha value is -3.61. The number of amides is 1.